The zero-order valence-corrected chi connectivity index (χ0v) is 15.0. The van der Waals surface area contributed by atoms with E-state index in [4.69, 9.17) is 4.65 Å². The fraction of sp³-hybridized carbons (Fsp3) is 0.632. The highest BCUT2D eigenvalue weighted by Gasteiger charge is 2.26. The van der Waals surface area contributed by atoms with Crippen LogP contribution in [0.3, 0.4) is 0 Å². The third-order valence-electron chi connectivity index (χ3n) is 5.06. The first-order valence-electron chi connectivity index (χ1n) is 9.23. The van der Waals surface area contributed by atoms with Crippen molar-refractivity contribution >= 4 is 14.0 Å². The second kappa shape index (κ2) is 9.82. The first kappa shape index (κ1) is 19.0. The van der Waals surface area contributed by atoms with E-state index in [1.54, 1.807) is 12.1 Å². The molecule has 2 unspecified atom stereocenters. The standard InChI is InChI=1S/C19H29BFNO2/c1-2-3-6-16(19(23)24-20)7-4-13-22-14-5-8-18(22)15-9-11-17(21)12-10-15/h9-12,16,18H,2-8,13-14,20H2,1H3. The molecule has 1 aliphatic heterocycles. The summed E-state index contributed by atoms with van der Waals surface area (Å²) in [6.45, 7) is 4.22. The summed E-state index contributed by atoms with van der Waals surface area (Å²) in [6.07, 6.45) is 7.29. The monoisotopic (exact) mass is 333 g/mol. The molecule has 1 heterocycles. The molecule has 1 aromatic rings. The van der Waals surface area contributed by atoms with Gasteiger partial charge in [0.2, 0.25) is 0 Å². The Morgan fingerprint density at radius 1 is 1.33 bits per heavy atom. The molecule has 0 aromatic heterocycles. The molecule has 0 saturated carbocycles. The van der Waals surface area contributed by atoms with Crippen LogP contribution in [0, 0.1) is 11.7 Å². The van der Waals surface area contributed by atoms with Crippen molar-refractivity contribution in [3.05, 3.63) is 35.6 Å². The molecular weight excluding hydrogens is 304 g/mol. The Balaban J connectivity index is 1.85. The Kier molecular flexibility index (Phi) is 7.77. The molecule has 132 valence electrons. The van der Waals surface area contributed by atoms with Gasteiger partial charge in [-0.05, 0) is 62.9 Å². The van der Waals surface area contributed by atoms with Gasteiger partial charge in [-0.2, -0.15) is 0 Å². The van der Waals surface area contributed by atoms with E-state index in [9.17, 15) is 9.18 Å². The largest absolute Gasteiger partial charge is 0.543 e. The van der Waals surface area contributed by atoms with Gasteiger partial charge >= 0.3 is 8.05 Å². The molecule has 1 aliphatic rings. The lowest BCUT2D eigenvalue weighted by Crippen LogP contribution is -2.26. The first-order chi connectivity index (χ1) is 11.7. The topological polar surface area (TPSA) is 29.5 Å². The molecule has 0 bridgehead atoms. The summed E-state index contributed by atoms with van der Waals surface area (Å²) >= 11 is 0. The molecule has 5 heteroatoms. The molecule has 0 radical (unpaired) electrons. The number of carbonyl (C=O) groups excluding carboxylic acids is 1. The van der Waals surface area contributed by atoms with Crippen molar-refractivity contribution in [3.8, 4) is 0 Å². The molecule has 0 spiro atoms. The lowest BCUT2D eigenvalue weighted by molar-refractivity contribution is -0.139. The first-order valence-corrected chi connectivity index (χ1v) is 9.23. The number of unbranched alkanes of at least 4 members (excludes halogenated alkanes) is 1. The van der Waals surface area contributed by atoms with Gasteiger partial charge in [-0.1, -0.05) is 31.9 Å². The number of hydrogen-bond acceptors (Lipinski definition) is 3. The fourth-order valence-corrected chi connectivity index (χ4v) is 3.69. The van der Waals surface area contributed by atoms with E-state index in [2.05, 4.69) is 11.8 Å². The minimum atomic E-state index is -0.180. The second-order valence-corrected chi connectivity index (χ2v) is 6.75. The van der Waals surface area contributed by atoms with Crippen LogP contribution in [0.15, 0.2) is 24.3 Å². The van der Waals surface area contributed by atoms with Gasteiger partial charge in [0.25, 0.3) is 5.97 Å². The minimum Gasteiger partial charge on any atom is -0.543 e. The van der Waals surface area contributed by atoms with Crippen LogP contribution in [0.2, 0.25) is 0 Å². The minimum absolute atomic E-state index is 0.0295. The van der Waals surface area contributed by atoms with E-state index < -0.39 is 0 Å². The molecule has 1 saturated heterocycles. The predicted octanol–water partition coefficient (Wildman–Crippen LogP) is 3.64. The molecule has 0 amide bonds. The van der Waals surface area contributed by atoms with Crippen molar-refractivity contribution in [2.75, 3.05) is 13.1 Å². The summed E-state index contributed by atoms with van der Waals surface area (Å²) in [4.78, 5) is 14.4. The fourth-order valence-electron chi connectivity index (χ4n) is 3.69. The number of halogens is 1. The molecule has 1 aromatic carbocycles. The number of rotatable bonds is 9. The molecule has 1 fully saturated rings. The Morgan fingerprint density at radius 3 is 2.71 bits per heavy atom. The van der Waals surface area contributed by atoms with Crippen molar-refractivity contribution in [1.29, 1.82) is 0 Å². The van der Waals surface area contributed by atoms with Crippen LogP contribution in [-0.4, -0.2) is 32.0 Å². The molecule has 24 heavy (non-hydrogen) atoms. The maximum absolute atomic E-state index is 13.1. The lowest BCUT2D eigenvalue weighted by atomic mass is 9.96. The van der Waals surface area contributed by atoms with Crippen LogP contribution in [0.1, 0.15) is 63.5 Å². The van der Waals surface area contributed by atoms with Crippen LogP contribution >= 0.6 is 0 Å². The van der Waals surface area contributed by atoms with Gasteiger partial charge in [-0.15, -0.1) is 0 Å². The van der Waals surface area contributed by atoms with Gasteiger partial charge in [0.1, 0.15) is 5.82 Å². The summed E-state index contributed by atoms with van der Waals surface area (Å²) in [5.41, 5.74) is 1.20. The Labute approximate surface area is 146 Å². The van der Waals surface area contributed by atoms with Crippen molar-refractivity contribution in [2.45, 2.75) is 57.9 Å². The molecule has 0 N–H and O–H groups in total. The number of nitrogens with zero attached hydrogens (tertiary/aromatic N) is 1. The van der Waals surface area contributed by atoms with E-state index >= 15 is 0 Å². The van der Waals surface area contributed by atoms with Crippen molar-refractivity contribution in [3.63, 3.8) is 0 Å². The number of carbonyl (C=O) groups is 1. The molecular formula is C19H29BFNO2. The van der Waals surface area contributed by atoms with E-state index in [0.29, 0.717) is 6.04 Å². The van der Waals surface area contributed by atoms with Crippen LogP contribution in [0.5, 0.6) is 0 Å². The van der Waals surface area contributed by atoms with Crippen molar-refractivity contribution in [2.24, 2.45) is 5.92 Å². The number of benzene rings is 1. The zero-order valence-electron chi connectivity index (χ0n) is 15.0. The van der Waals surface area contributed by atoms with Crippen molar-refractivity contribution < 1.29 is 13.8 Å². The summed E-state index contributed by atoms with van der Waals surface area (Å²) in [5.74, 6) is -0.220. The highest BCUT2D eigenvalue weighted by atomic mass is 19.1. The summed E-state index contributed by atoms with van der Waals surface area (Å²) in [5, 5.41) is 0. The van der Waals surface area contributed by atoms with Gasteiger partial charge < -0.3 is 4.65 Å². The Morgan fingerprint density at radius 2 is 2.04 bits per heavy atom. The molecule has 0 aliphatic carbocycles. The third-order valence-corrected chi connectivity index (χ3v) is 5.06. The third kappa shape index (κ3) is 5.33. The molecule has 3 nitrogen and oxygen atoms in total. The number of likely N-dealkylation sites (tertiary alicyclic amines) is 1. The number of hydrogen-bond donors (Lipinski definition) is 0. The maximum Gasteiger partial charge on any atom is 0.325 e. The normalized spacial score (nSPS) is 19.3. The quantitative estimate of drug-likeness (QED) is 0.646. The van der Waals surface area contributed by atoms with Gasteiger partial charge in [0, 0.05) is 6.04 Å². The highest BCUT2D eigenvalue weighted by Crippen LogP contribution is 2.32. The second-order valence-electron chi connectivity index (χ2n) is 6.75. The van der Waals surface area contributed by atoms with Crippen LogP contribution in [0.25, 0.3) is 0 Å². The Hall–Kier alpha value is -1.36. The van der Waals surface area contributed by atoms with Gasteiger partial charge in [0.05, 0.1) is 5.92 Å². The smallest absolute Gasteiger partial charge is 0.325 e. The maximum atomic E-state index is 13.1. The van der Waals surface area contributed by atoms with Gasteiger partial charge in [-0.3, -0.25) is 9.69 Å². The predicted molar refractivity (Wildman–Crippen MR) is 96.8 cm³/mol. The van der Waals surface area contributed by atoms with E-state index in [-0.39, 0.29) is 17.7 Å². The SMILES string of the molecule is BOC(=O)C(CCCC)CCCN1CCCC1c1ccc(F)cc1. The van der Waals surface area contributed by atoms with E-state index in [1.807, 2.05) is 12.1 Å². The average molecular weight is 333 g/mol. The van der Waals surface area contributed by atoms with Crippen LogP contribution in [-0.2, 0) is 9.45 Å². The summed E-state index contributed by atoms with van der Waals surface area (Å²) < 4.78 is 18.1. The van der Waals surface area contributed by atoms with Crippen LogP contribution in [0.4, 0.5) is 4.39 Å². The average Bonchev–Trinajstić information content (AvgIpc) is 3.06. The van der Waals surface area contributed by atoms with Crippen molar-refractivity contribution in [1.82, 2.24) is 4.90 Å². The van der Waals surface area contributed by atoms with Gasteiger partial charge in [-0.25, -0.2) is 4.39 Å². The van der Waals surface area contributed by atoms with E-state index in [1.165, 1.54) is 20.0 Å². The molecule has 2 rings (SSSR count). The van der Waals surface area contributed by atoms with E-state index in [0.717, 1.165) is 51.6 Å². The lowest BCUT2D eigenvalue weighted by Gasteiger charge is -2.25. The summed E-state index contributed by atoms with van der Waals surface area (Å²) in [6, 6.07) is 7.28. The zero-order chi connectivity index (χ0) is 17.4. The summed E-state index contributed by atoms with van der Waals surface area (Å²) in [7, 11) is 1.48. The van der Waals surface area contributed by atoms with Crippen LogP contribution < -0.4 is 0 Å². The molecule has 2 atom stereocenters. The highest BCUT2D eigenvalue weighted by molar-refractivity contribution is 6.05. The van der Waals surface area contributed by atoms with Gasteiger partial charge in [0.15, 0.2) is 0 Å². The Bertz CT molecular complexity index is 509.